The van der Waals surface area contributed by atoms with Crippen molar-refractivity contribution >= 4 is 17.7 Å². The van der Waals surface area contributed by atoms with E-state index in [1.807, 2.05) is 12.1 Å². The number of carbonyl (C=O) groups excluding carboxylic acids is 1. The van der Waals surface area contributed by atoms with Gasteiger partial charge in [-0.25, -0.2) is 14.8 Å². The van der Waals surface area contributed by atoms with Gasteiger partial charge in [0.25, 0.3) is 11.6 Å². The number of hydrogen-bond acceptors (Lipinski definition) is 9. The van der Waals surface area contributed by atoms with E-state index in [9.17, 15) is 4.79 Å². The highest BCUT2D eigenvalue weighted by molar-refractivity contribution is 5.99. The molecule has 0 bridgehead atoms. The molecule has 34 heavy (non-hydrogen) atoms. The summed E-state index contributed by atoms with van der Waals surface area (Å²) in [6.07, 6.45) is 5.03. The van der Waals surface area contributed by atoms with Crippen LogP contribution in [0.2, 0.25) is 0 Å². The molecule has 9 nitrogen and oxygen atoms in total. The maximum absolute atomic E-state index is 12.9. The number of carbonyl (C=O) groups is 1. The molecule has 1 aliphatic rings. The first-order valence-corrected chi connectivity index (χ1v) is 11.2. The number of hydrogen-bond donors (Lipinski definition) is 1. The lowest BCUT2D eigenvalue weighted by molar-refractivity contribution is -0.162. The van der Waals surface area contributed by atoms with Crippen molar-refractivity contribution in [3.05, 3.63) is 59.6 Å². The van der Waals surface area contributed by atoms with Gasteiger partial charge in [0.15, 0.2) is 0 Å². The lowest BCUT2D eigenvalue weighted by atomic mass is 9.95. The van der Waals surface area contributed by atoms with Crippen molar-refractivity contribution in [1.29, 1.82) is 0 Å². The largest absolute Gasteiger partial charge is 0.481 e. The minimum absolute atomic E-state index is 0.0206. The molecule has 0 amide bonds. The van der Waals surface area contributed by atoms with Crippen LogP contribution in [0.3, 0.4) is 0 Å². The van der Waals surface area contributed by atoms with Crippen LogP contribution in [-0.4, -0.2) is 42.4 Å². The van der Waals surface area contributed by atoms with E-state index in [2.05, 4.69) is 46.4 Å². The van der Waals surface area contributed by atoms with Gasteiger partial charge in [0.2, 0.25) is 5.88 Å². The predicted molar refractivity (Wildman–Crippen MR) is 127 cm³/mol. The SMILES string of the molecule is CCCc1ccc(-c2ccnc(OC)c2)c(NC2=NCC(C(=O)OCC)(c3ccon3)O2)c1C. The first-order valence-electron chi connectivity index (χ1n) is 11.2. The second-order valence-electron chi connectivity index (χ2n) is 7.89. The third-order valence-corrected chi connectivity index (χ3v) is 5.76. The molecule has 0 saturated carbocycles. The second kappa shape index (κ2) is 9.94. The van der Waals surface area contributed by atoms with Crippen LogP contribution in [0.15, 0.2) is 52.3 Å². The highest BCUT2D eigenvalue weighted by atomic mass is 16.6. The summed E-state index contributed by atoms with van der Waals surface area (Å²) in [5, 5.41) is 7.26. The molecule has 3 heterocycles. The fourth-order valence-corrected chi connectivity index (χ4v) is 3.98. The average molecular weight is 465 g/mol. The van der Waals surface area contributed by atoms with Gasteiger partial charge in [-0.15, -0.1) is 0 Å². The van der Waals surface area contributed by atoms with Crippen LogP contribution in [0, 0.1) is 6.92 Å². The number of nitrogens with one attached hydrogen (secondary N) is 1. The number of amidine groups is 1. The van der Waals surface area contributed by atoms with Crippen molar-refractivity contribution in [2.24, 2.45) is 4.99 Å². The Labute approximate surface area is 198 Å². The highest BCUT2D eigenvalue weighted by Crippen LogP contribution is 2.37. The molecule has 0 radical (unpaired) electrons. The summed E-state index contributed by atoms with van der Waals surface area (Å²) in [6, 6.07) is 9.75. The zero-order valence-corrected chi connectivity index (χ0v) is 19.8. The van der Waals surface area contributed by atoms with E-state index in [4.69, 9.17) is 18.7 Å². The van der Waals surface area contributed by atoms with Crippen molar-refractivity contribution in [1.82, 2.24) is 10.1 Å². The zero-order chi connectivity index (χ0) is 24.1. The number of benzene rings is 1. The molecule has 3 aromatic rings. The quantitative estimate of drug-likeness (QED) is 0.493. The first-order chi connectivity index (χ1) is 16.5. The number of anilines is 1. The van der Waals surface area contributed by atoms with Crippen LogP contribution in [0.25, 0.3) is 11.1 Å². The molecule has 1 aromatic carbocycles. The fourth-order valence-electron chi connectivity index (χ4n) is 3.98. The third-order valence-electron chi connectivity index (χ3n) is 5.76. The molecule has 9 heteroatoms. The summed E-state index contributed by atoms with van der Waals surface area (Å²) in [6.45, 7) is 6.16. The van der Waals surface area contributed by atoms with E-state index in [1.165, 1.54) is 11.8 Å². The molecule has 0 aliphatic carbocycles. The van der Waals surface area contributed by atoms with Gasteiger partial charge in [-0.1, -0.05) is 30.6 Å². The van der Waals surface area contributed by atoms with Gasteiger partial charge >= 0.3 is 5.97 Å². The second-order valence-corrected chi connectivity index (χ2v) is 7.89. The van der Waals surface area contributed by atoms with Gasteiger partial charge in [-0.05, 0) is 43.0 Å². The molecule has 1 atom stereocenters. The van der Waals surface area contributed by atoms with E-state index in [1.54, 1.807) is 26.3 Å². The molecule has 2 aromatic heterocycles. The van der Waals surface area contributed by atoms with Crippen molar-refractivity contribution in [2.45, 2.75) is 39.2 Å². The highest BCUT2D eigenvalue weighted by Gasteiger charge is 2.51. The standard InChI is InChI=1S/C25H28N4O5/c1-5-7-17-8-9-19(18-10-12-26-21(14-18)31-4)22(16(17)3)28-24-27-15-25(34-24,23(30)32-6-2)20-11-13-33-29-20/h8-14H,5-7,15H2,1-4H3,(H,27,28). The van der Waals surface area contributed by atoms with Gasteiger partial charge in [0.1, 0.15) is 18.5 Å². The van der Waals surface area contributed by atoms with Gasteiger partial charge in [0, 0.05) is 23.9 Å². The Balaban J connectivity index is 1.71. The van der Waals surface area contributed by atoms with Gasteiger partial charge in [-0.2, -0.15) is 0 Å². The normalized spacial score (nSPS) is 17.1. The van der Waals surface area contributed by atoms with E-state index < -0.39 is 11.6 Å². The van der Waals surface area contributed by atoms with E-state index in [0.717, 1.165) is 35.2 Å². The number of esters is 1. The molecule has 4 rings (SSSR count). The molecule has 1 N–H and O–H groups in total. The summed E-state index contributed by atoms with van der Waals surface area (Å²) in [4.78, 5) is 21.6. The number of rotatable bonds is 8. The number of methoxy groups -OCH3 is 1. The Morgan fingerprint density at radius 1 is 1.24 bits per heavy atom. The van der Waals surface area contributed by atoms with Crippen LogP contribution in [0.4, 0.5) is 5.69 Å². The Bertz CT molecular complexity index is 1190. The summed E-state index contributed by atoms with van der Waals surface area (Å²) in [5.41, 5.74) is 3.77. The zero-order valence-electron chi connectivity index (χ0n) is 19.8. The van der Waals surface area contributed by atoms with E-state index >= 15 is 0 Å². The maximum atomic E-state index is 12.9. The van der Waals surface area contributed by atoms with Gasteiger partial charge in [-0.3, -0.25) is 0 Å². The third kappa shape index (κ3) is 4.33. The molecule has 0 saturated heterocycles. The number of aryl methyl sites for hydroxylation is 1. The summed E-state index contributed by atoms with van der Waals surface area (Å²) >= 11 is 0. The summed E-state index contributed by atoms with van der Waals surface area (Å²) in [5.74, 6) is -0.0550. The van der Waals surface area contributed by atoms with Crippen LogP contribution < -0.4 is 10.1 Å². The summed E-state index contributed by atoms with van der Waals surface area (Å²) < 4.78 is 21.7. The number of pyridine rings is 1. The average Bonchev–Trinajstić information content (AvgIpc) is 3.53. The number of nitrogens with zero attached hydrogens (tertiary/aromatic N) is 3. The molecule has 178 valence electrons. The molecule has 0 spiro atoms. The maximum Gasteiger partial charge on any atom is 0.359 e. The minimum atomic E-state index is -1.50. The van der Waals surface area contributed by atoms with Crippen LogP contribution in [0.5, 0.6) is 5.88 Å². The van der Waals surface area contributed by atoms with Crippen molar-refractivity contribution in [2.75, 3.05) is 25.6 Å². The fraction of sp³-hybridized carbons (Fsp3) is 0.360. The first kappa shape index (κ1) is 23.3. The van der Waals surface area contributed by atoms with Gasteiger partial charge in [0.05, 0.1) is 19.4 Å². The molecule has 1 aliphatic heterocycles. The molecule has 1 unspecified atom stereocenters. The van der Waals surface area contributed by atoms with E-state index in [0.29, 0.717) is 11.6 Å². The molecular formula is C25H28N4O5. The van der Waals surface area contributed by atoms with Crippen LogP contribution >= 0.6 is 0 Å². The van der Waals surface area contributed by atoms with Crippen LogP contribution in [-0.2, 0) is 26.3 Å². The lowest BCUT2D eigenvalue weighted by Crippen LogP contribution is -2.42. The summed E-state index contributed by atoms with van der Waals surface area (Å²) in [7, 11) is 1.58. The Kier molecular flexibility index (Phi) is 6.81. The Morgan fingerprint density at radius 3 is 2.79 bits per heavy atom. The lowest BCUT2D eigenvalue weighted by Gasteiger charge is -2.24. The predicted octanol–water partition coefficient (Wildman–Crippen LogP) is 4.26. The monoisotopic (exact) mass is 464 g/mol. The van der Waals surface area contributed by atoms with Crippen molar-refractivity contribution in [3.8, 4) is 17.0 Å². The topological polar surface area (TPSA) is 108 Å². The number of aliphatic imine (C=N–C) groups is 1. The van der Waals surface area contributed by atoms with Crippen LogP contribution in [0.1, 0.15) is 37.1 Å². The van der Waals surface area contributed by atoms with Gasteiger partial charge < -0.3 is 24.1 Å². The number of ether oxygens (including phenoxy) is 3. The Morgan fingerprint density at radius 2 is 2.09 bits per heavy atom. The Hall–Kier alpha value is -3.88. The smallest absolute Gasteiger partial charge is 0.359 e. The molecular weight excluding hydrogens is 436 g/mol. The van der Waals surface area contributed by atoms with Crippen molar-refractivity contribution in [3.63, 3.8) is 0 Å². The minimum Gasteiger partial charge on any atom is -0.481 e. The number of aromatic nitrogens is 2. The van der Waals surface area contributed by atoms with E-state index in [-0.39, 0.29) is 19.2 Å². The molecule has 0 fully saturated rings. The van der Waals surface area contributed by atoms with Crippen molar-refractivity contribution < 1.29 is 23.5 Å².